The highest BCUT2D eigenvalue weighted by Gasteiger charge is 2.33. The minimum atomic E-state index is -1.01. The average molecular weight is 334 g/mol. The lowest BCUT2D eigenvalue weighted by Crippen LogP contribution is -2.46. The van der Waals surface area contributed by atoms with Crippen molar-refractivity contribution < 1.29 is 9.59 Å². The third kappa shape index (κ3) is 2.92. The number of nitrogens with one attached hydrogen (secondary N) is 2. The maximum absolute atomic E-state index is 11.9. The van der Waals surface area contributed by atoms with E-state index in [2.05, 4.69) is 10.6 Å². The molecule has 1 aliphatic rings. The van der Waals surface area contributed by atoms with E-state index in [0.29, 0.717) is 16.2 Å². The van der Waals surface area contributed by atoms with Gasteiger partial charge in [-0.2, -0.15) is 0 Å². The summed E-state index contributed by atoms with van der Waals surface area (Å²) in [6, 6.07) is 5.79. The van der Waals surface area contributed by atoms with Gasteiger partial charge in [0.2, 0.25) is 0 Å². The lowest BCUT2D eigenvalue weighted by Gasteiger charge is -2.30. The molecule has 106 valence electrons. The van der Waals surface area contributed by atoms with Crippen molar-refractivity contribution in [2.75, 3.05) is 0 Å². The lowest BCUT2D eigenvalue weighted by molar-refractivity contribution is -0.114. The van der Waals surface area contributed by atoms with Crippen molar-refractivity contribution in [3.63, 3.8) is 0 Å². The number of Topliss-reactive ketones (excluding diaryl/α,β-unsaturated/α-hetero) is 1. The molecule has 2 N–H and O–H groups in total. The predicted molar refractivity (Wildman–Crippen MR) is 79.1 cm³/mol. The highest BCUT2D eigenvalue weighted by atomic mass is 35.5. The first-order valence-electron chi connectivity index (χ1n) is 5.77. The molecule has 7 heteroatoms. The zero-order chi connectivity index (χ0) is 14.9. The van der Waals surface area contributed by atoms with E-state index < -0.39 is 16.9 Å². The van der Waals surface area contributed by atoms with E-state index in [0.717, 1.165) is 0 Å². The predicted octanol–water partition coefficient (Wildman–Crippen LogP) is 3.34. The van der Waals surface area contributed by atoms with Gasteiger partial charge in [0.05, 0.1) is 11.7 Å². The number of hydrogen-bond acceptors (Lipinski definition) is 2. The summed E-state index contributed by atoms with van der Waals surface area (Å²) in [5.41, 5.74) is 1.10. The third-order valence-electron chi connectivity index (χ3n) is 2.92. The molecule has 1 heterocycles. The fraction of sp³-hybridized carbons (Fsp3) is 0.231. The molecule has 2 rings (SSSR count). The van der Waals surface area contributed by atoms with Crippen molar-refractivity contribution in [1.29, 1.82) is 0 Å². The smallest absolute Gasteiger partial charge is 0.319 e. The maximum atomic E-state index is 11.9. The number of carbonyl (C=O) groups is 2. The molecule has 4 nitrogen and oxygen atoms in total. The van der Waals surface area contributed by atoms with Crippen LogP contribution in [0.5, 0.6) is 0 Å². The first-order valence-corrected chi connectivity index (χ1v) is 7.02. The van der Waals surface area contributed by atoms with E-state index in [4.69, 9.17) is 34.8 Å². The summed E-state index contributed by atoms with van der Waals surface area (Å²) in [6.07, 6.45) is 0. The molecule has 1 aliphatic heterocycles. The number of rotatable bonds is 3. The van der Waals surface area contributed by atoms with Gasteiger partial charge in [0.25, 0.3) is 0 Å². The average Bonchev–Trinajstić information content (AvgIpc) is 2.37. The SMILES string of the molecule is CC(=O)C1=C(C(Cl)Cl)NC(=O)NC1c1ccccc1Cl. The molecule has 20 heavy (non-hydrogen) atoms. The topological polar surface area (TPSA) is 58.2 Å². The van der Waals surface area contributed by atoms with Crippen LogP contribution in [-0.2, 0) is 4.79 Å². The van der Waals surface area contributed by atoms with Crippen LogP contribution < -0.4 is 10.6 Å². The van der Waals surface area contributed by atoms with Gasteiger partial charge in [-0.05, 0) is 18.6 Å². The summed E-state index contributed by atoms with van der Waals surface area (Å²) in [6.45, 7) is 1.38. The van der Waals surface area contributed by atoms with Gasteiger partial charge in [0.1, 0.15) is 4.84 Å². The van der Waals surface area contributed by atoms with Crippen LogP contribution in [0.1, 0.15) is 18.5 Å². The van der Waals surface area contributed by atoms with Crippen LogP contribution in [0.25, 0.3) is 0 Å². The van der Waals surface area contributed by atoms with Gasteiger partial charge in [0, 0.05) is 10.6 Å². The number of ketones is 1. The van der Waals surface area contributed by atoms with Crippen molar-refractivity contribution >= 4 is 46.6 Å². The van der Waals surface area contributed by atoms with E-state index in [1.807, 2.05) is 0 Å². The molecule has 1 unspecified atom stereocenters. The number of allylic oxidation sites excluding steroid dienone is 1. The number of amides is 2. The van der Waals surface area contributed by atoms with Gasteiger partial charge in [0.15, 0.2) is 5.78 Å². The number of alkyl halides is 2. The first-order chi connectivity index (χ1) is 9.41. The molecule has 0 aromatic heterocycles. The van der Waals surface area contributed by atoms with Crippen LogP contribution in [0.15, 0.2) is 35.5 Å². The first kappa shape index (κ1) is 15.2. The van der Waals surface area contributed by atoms with Crippen LogP contribution in [0.3, 0.4) is 0 Å². The Labute approximate surface area is 131 Å². The molecule has 0 saturated heterocycles. The number of hydrogen-bond donors (Lipinski definition) is 2. The van der Waals surface area contributed by atoms with Gasteiger partial charge in [-0.15, -0.1) is 0 Å². The highest BCUT2D eigenvalue weighted by molar-refractivity contribution is 6.46. The van der Waals surface area contributed by atoms with E-state index in [9.17, 15) is 9.59 Å². The number of carbonyl (C=O) groups excluding carboxylic acids is 2. The van der Waals surface area contributed by atoms with E-state index in [-0.39, 0.29) is 11.5 Å². The van der Waals surface area contributed by atoms with Gasteiger partial charge < -0.3 is 10.6 Å². The zero-order valence-electron chi connectivity index (χ0n) is 10.4. The molecule has 2 amide bonds. The Morgan fingerprint density at radius 1 is 1.30 bits per heavy atom. The Bertz CT molecular complexity index is 599. The lowest BCUT2D eigenvalue weighted by atomic mass is 9.93. The quantitative estimate of drug-likeness (QED) is 0.834. The summed E-state index contributed by atoms with van der Waals surface area (Å²) in [5.74, 6) is -0.247. The number of benzene rings is 1. The molecular formula is C13H11Cl3N2O2. The van der Waals surface area contributed by atoms with E-state index in [1.165, 1.54) is 6.92 Å². The number of halogens is 3. The van der Waals surface area contributed by atoms with Crippen LogP contribution in [-0.4, -0.2) is 16.7 Å². The monoisotopic (exact) mass is 332 g/mol. The minimum absolute atomic E-state index is 0.189. The fourth-order valence-corrected chi connectivity index (χ4v) is 2.68. The molecule has 0 aliphatic carbocycles. The Morgan fingerprint density at radius 3 is 2.50 bits per heavy atom. The molecule has 1 atom stereocenters. The van der Waals surface area contributed by atoms with Crippen molar-refractivity contribution in [1.82, 2.24) is 10.6 Å². The molecule has 0 spiro atoms. The summed E-state index contributed by atoms with van der Waals surface area (Å²) < 4.78 is 0. The van der Waals surface area contributed by atoms with Crippen LogP contribution >= 0.6 is 34.8 Å². The normalized spacial score (nSPS) is 18.9. The van der Waals surface area contributed by atoms with Crippen LogP contribution in [0, 0.1) is 0 Å². The second-order valence-electron chi connectivity index (χ2n) is 4.24. The minimum Gasteiger partial charge on any atom is -0.327 e. The Hall–Kier alpha value is -1.23. The molecule has 1 aromatic carbocycles. The summed E-state index contributed by atoms with van der Waals surface area (Å²) in [7, 11) is 0. The van der Waals surface area contributed by atoms with Crippen LogP contribution in [0.2, 0.25) is 5.02 Å². The second-order valence-corrected chi connectivity index (χ2v) is 5.74. The molecule has 0 saturated carbocycles. The van der Waals surface area contributed by atoms with Crippen molar-refractivity contribution in [3.05, 3.63) is 46.1 Å². The molecule has 0 radical (unpaired) electrons. The second kappa shape index (κ2) is 6.04. The van der Waals surface area contributed by atoms with Crippen molar-refractivity contribution in [2.45, 2.75) is 17.8 Å². The van der Waals surface area contributed by atoms with Gasteiger partial charge in [-0.25, -0.2) is 4.79 Å². The summed E-state index contributed by atoms with van der Waals surface area (Å²) >= 11 is 17.8. The van der Waals surface area contributed by atoms with Gasteiger partial charge >= 0.3 is 6.03 Å². The molecule has 0 fully saturated rings. The highest BCUT2D eigenvalue weighted by Crippen LogP contribution is 2.34. The fourth-order valence-electron chi connectivity index (χ4n) is 2.09. The standard InChI is InChI=1S/C13H11Cl3N2O2/c1-6(19)9-10(7-4-2-3-5-8(7)14)17-13(20)18-11(9)12(15)16/h2-5,10,12H,1H3,(H2,17,18,20). The largest absolute Gasteiger partial charge is 0.327 e. The van der Waals surface area contributed by atoms with Gasteiger partial charge in [-0.3, -0.25) is 4.79 Å². The van der Waals surface area contributed by atoms with Crippen LogP contribution in [0.4, 0.5) is 4.79 Å². The molecule has 0 bridgehead atoms. The van der Waals surface area contributed by atoms with E-state index >= 15 is 0 Å². The van der Waals surface area contributed by atoms with Crippen molar-refractivity contribution in [3.8, 4) is 0 Å². The number of urea groups is 1. The zero-order valence-corrected chi connectivity index (χ0v) is 12.7. The van der Waals surface area contributed by atoms with E-state index in [1.54, 1.807) is 24.3 Å². The van der Waals surface area contributed by atoms with Gasteiger partial charge in [-0.1, -0.05) is 53.0 Å². The Kier molecular flexibility index (Phi) is 4.58. The third-order valence-corrected chi connectivity index (χ3v) is 3.70. The Balaban J connectivity index is 2.60. The summed E-state index contributed by atoms with van der Waals surface area (Å²) in [5, 5.41) is 5.57. The molecular weight excluding hydrogens is 323 g/mol. The Morgan fingerprint density at radius 2 is 1.95 bits per heavy atom. The summed E-state index contributed by atoms with van der Waals surface area (Å²) in [4.78, 5) is 22.6. The maximum Gasteiger partial charge on any atom is 0.319 e. The molecule has 1 aromatic rings. The van der Waals surface area contributed by atoms with Crippen molar-refractivity contribution in [2.24, 2.45) is 0 Å².